The summed E-state index contributed by atoms with van der Waals surface area (Å²) in [5, 5.41) is 0. The third-order valence-corrected chi connectivity index (χ3v) is 7.56. The highest BCUT2D eigenvalue weighted by atomic mass is 19.4. The summed E-state index contributed by atoms with van der Waals surface area (Å²) in [5.74, 6) is 0.478. The van der Waals surface area contributed by atoms with E-state index in [9.17, 15) is 18.0 Å². The van der Waals surface area contributed by atoms with Crippen LogP contribution in [0.25, 0.3) is 0 Å². The average molecular weight is 535 g/mol. The van der Waals surface area contributed by atoms with E-state index >= 15 is 0 Å². The fraction of sp³-hybridized carbons (Fsp3) is 0.645. The fourth-order valence-corrected chi connectivity index (χ4v) is 5.32. The van der Waals surface area contributed by atoms with Crippen LogP contribution in [0.2, 0.25) is 0 Å². The first-order chi connectivity index (χ1) is 17.8. The number of hydrogen-bond acceptors (Lipinski definition) is 3. The molecule has 1 aromatic carbocycles. The predicted octanol–water partition coefficient (Wildman–Crippen LogP) is 7.95. The summed E-state index contributed by atoms with van der Waals surface area (Å²) in [7, 11) is 0. The van der Waals surface area contributed by atoms with E-state index in [2.05, 4.69) is 24.0 Å². The van der Waals surface area contributed by atoms with Gasteiger partial charge in [-0.2, -0.15) is 13.2 Å². The Morgan fingerprint density at radius 2 is 1.71 bits per heavy atom. The van der Waals surface area contributed by atoms with Crippen LogP contribution in [-0.2, 0) is 17.3 Å². The molecule has 38 heavy (non-hydrogen) atoms. The van der Waals surface area contributed by atoms with Crippen LogP contribution in [0.1, 0.15) is 82.9 Å². The molecule has 0 N–H and O–H groups in total. The summed E-state index contributed by atoms with van der Waals surface area (Å²) in [5.41, 5.74) is 3.36. The molecule has 1 heterocycles. The highest BCUT2D eigenvalue weighted by molar-refractivity contribution is 5.68. The molecular weight excluding hydrogens is 489 g/mol. The number of nitrogens with zero attached hydrogens (tertiary/aromatic N) is 2. The number of alkyl halides is 3. The van der Waals surface area contributed by atoms with Crippen molar-refractivity contribution in [2.45, 2.75) is 91.3 Å². The molecule has 0 spiro atoms. The fourth-order valence-electron chi connectivity index (χ4n) is 5.32. The average Bonchev–Trinajstić information content (AvgIpc) is 2.82. The number of allylic oxidation sites excluding steroid dienone is 4. The molecule has 1 aromatic rings. The number of hydrogen-bond donors (Lipinski definition) is 0. The smallest absolute Gasteiger partial charge is 0.416 e. The maximum atomic E-state index is 13.1. The minimum Gasteiger partial charge on any atom is -0.444 e. The van der Waals surface area contributed by atoms with Crippen LogP contribution in [0.4, 0.5) is 18.0 Å². The van der Waals surface area contributed by atoms with Gasteiger partial charge in [-0.05, 0) is 101 Å². The molecule has 0 radical (unpaired) electrons. The van der Waals surface area contributed by atoms with Crippen LogP contribution < -0.4 is 0 Å². The summed E-state index contributed by atoms with van der Waals surface area (Å²) in [6.07, 6.45) is 7.27. The Morgan fingerprint density at radius 3 is 2.34 bits per heavy atom. The maximum Gasteiger partial charge on any atom is 0.416 e. The van der Waals surface area contributed by atoms with Crippen LogP contribution in [0.5, 0.6) is 0 Å². The summed E-state index contributed by atoms with van der Waals surface area (Å²) in [6.45, 7) is 14.0. The van der Waals surface area contributed by atoms with Crippen LogP contribution in [0, 0.1) is 12.8 Å². The van der Waals surface area contributed by atoms with Crippen molar-refractivity contribution in [3.8, 4) is 0 Å². The number of unbranched alkanes of at least 4 members (excludes halogenated alkanes) is 3. The lowest BCUT2D eigenvalue weighted by atomic mass is 9.82. The largest absolute Gasteiger partial charge is 0.444 e. The summed E-state index contributed by atoms with van der Waals surface area (Å²) in [4.78, 5) is 16.5. The van der Waals surface area contributed by atoms with Crippen molar-refractivity contribution in [1.82, 2.24) is 9.80 Å². The van der Waals surface area contributed by atoms with E-state index in [0.717, 1.165) is 64.0 Å². The summed E-state index contributed by atoms with van der Waals surface area (Å²) in [6, 6.07) is 4.11. The molecule has 1 aliphatic carbocycles. The van der Waals surface area contributed by atoms with E-state index in [1.807, 2.05) is 20.8 Å². The number of piperazine rings is 1. The standard InChI is InChI=1S/C31H45F3N2O2/c1-23-11-10-12-26(22-25-14-15-27(21-24(25)2)31(32,33)34)28(23)13-8-6-7-9-16-35-17-19-36(20-18-35)29(37)38-30(3,4)5/h10,12,14-15,21,23H,6-9,11,13,16-20,22H2,1-5H3. The number of benzene rings is 1. The van der Waals surface area contributed by atoms with E-state index in [1.54, 1.807) is 17.9 Å². The van der Waals surface area contributed by atoms with Gasteiger partial charge in [0.2, 0.25) is 0 Å². The van der Waals surface area contributed by atoms with E-state index in [1.165, 1.54) is 36.1 Å². The Morgan fingerprint density at radius 1 is 1.03 bits per heavy atom. The van der Waals surface area contributed by atoms with E-state index < -0.39 is 17.3 Å². The van der Waals surface area contributed by atoms with Crippen molar-refractivity contribution in [2.24, 2.45) is 5.92 Å². The molecule has 1 unspecified atom stereocenters. The summed E-state index contributed by atoms with van der Waals surface area (Å²) >= 11 is 0. The van der Waals surface area contributed by atoms with E-state index in [-0.39, 0.29) is 6.09 Å². The molecule has 1 aliphatic heterocycles. The lowest BCUT2D eigenvalue weighted by Gasteiger charge is -2.35. The third-order valence-electron chi connectivity index (χ3n) is 7.56. The molecule has 1 atom stereocenters. The second-order valence-electron chi connectivity index (χ2n) is 11.9. The minimum atomic E-state index is -4.30. The lowest BCUT2D eigenvalue weighted by molar-refractivity contribution is -0.137. The van der Waals surface area contributed by atoms with E-state index in [4.69, 9.17) is 4.74 Å². The molecule has 1 fully saturated rings. The molecule has 3 rings (SSSR count). The van der Waals surface area contributed by atoms with Crippen molar-refractivity contribution >= 4 is 6.09 Å². The highest BCUT2D eigenvalue weighted by Crippen LogP contribution is 2.34. The highest BCUT2D eigenvalue weighted by Gasteiger charge is 2.31. The first-order valence-corrected chi connectivity index (χ1v) is 14.1. The van der Waals surface area contributed by atoms with E-state index in [0.29, 0.717) is 17.9 Å². The zero-order valence-corrected chi connectivity index (χ0v) is 23.8. The topological polar surface area (TPSA) is 32.8 Å². The third kappa shape index (κ3) is 9.18. The van der Waals surface area contributed by atoms with Crippen LogP contribution in [0.15, 0.2) is 41.5 Å². The summed E-state index contributed by atoms with van der Waals surface area (Å²) < 4.78 is 44.6. The molecule has 1 saturated heterocycles. The molecule has 0 saturated carbocycles. The van der Waals surface area contributed by atoms with Gasteiger partial charge in [-0.25, -0.2) is 4.79 Å². The van der Waals surface area contributed by atoms with Gasteiger partial charge in [0.15, 0.2) is 0 Å². The van der Waals surface area contributed by atoms with Gasteiger partial charge in [-0.15, -0.1) is 0 Å². The van der Waals surface area contributed by atoms with Gasteiger partial charge >= 0.3 is 12.3 Å². The van der Waals surface area contributed by atoms with Gasteiger partial charge in [-0.3, -0.25) is 4.90 Å². The van der Waals surface area contributed by atoms with Gasteiger partial charge in [0.1, 0.15) is 5.60 Å². The second-order valence-corrected chi connectivity index (χ2v) is 11.9. The number of aryl methyl sites for hydroxylation is 1. The second kappa shape index (κ2) is 13.2. The van der Waals surface area contributed by atoms with Crippen LogP contribution in [-0.4, -0.2) is 54.2 Å². The first kappa shape index (κ1) is 30.3. The van der Waals surface area contributed by atoms with Gasteiger partial charge in [0.05, 0.1) is 5.56 Å². The number of rotatable bonds is 9. The molecule has 0 aromatic heterocycles. The molecular formula is C31H45F3N2O2. The molecule has 7 heteroatoms. The Kier molecular flexibility index (Phi) is 10.5. The lowest BCUT2D eigenvalue weighted by Crippen LogP contribution is -2.50. The predicted molar refractivity (Wildman–Crippen MR) is 147 cm³/mol. The van der Waals surface area contributed by atoms with Crippen LogP contribution in [0.3, 0.4) is 0 Å². The number of carbonyl (C=O) groups excluding carboxylic acids is 1. The van der Waals surface area contributed by atoms with Crippen LogP contribution >= 0.6 is 0 Å². The van der Waals surface area contributed by atoms with Crippen molar-refractivity contribution in [3.05, 3.63) is 58.2 Å². The molecule has 212 valence electrons. The monoisotopic (exact) mass is 534 g/mol. The molecule has 4 nitrogen and oxygen atoms in total. The minimum absolute atomic E-state index is 0.217. The molecule has 1 amide bonds. The number of carbonyl (C=O) groups is 1. The van der Waals surface area contributed by atoms with Gasteiger partial charge < -0.3 is 9.64 Å². The Bertz CT molecular complexity index is 999. The maximum absolute atomic E-state index is 13.1. The number of amides is 1. The Hall–Kier alpha value is -2.28. The van der Waals surface area contributed by atoms with Crippen molar-refractivity contribution < 1.29 is 22.7 Å². The molecule has 2 aliphatic rings. The zero-order chi connectivity index (χ0) is 27.9. The number of ether oxygens (including phenoxy) is 1. The number of halogens is 3. The van der Waals surface area contributed by atoms with Crippen molar-refractivity contribution in [3.63, 3.8) is 0 Å². The molecule has 0 bridgehead atoms. The zero-order valence-electron chi connectivity index (χ0n) is 23.8. The van der Waals surface area contributed by atoms with Gasteiger partial charge in [0.25, 0.3) is 0 Å². The Labute approximate surface area is 226 Å². The normalized spacial score (nSPS) is 19.3. The van der Waals surface area contributed by atoms with Gasteiger partial charge in [0, 0.05) is 26.2 Å². The van der Waals surface area contributed by atoms with Gasteiger partial charge in [-0.1, -0.05) is 43.6 Å². The van der Waals surface area contributed by atoms with Crippen molar-refractivity contribution in [1.29, 1.82) is 0 Å². The Balaban J connectivity index is 1.42. The van der Waals surface area contributed by atoms with Crippen molar-refractivity contribution in [2.75, 3.05) is 32.7 Å². The first-order valence-electron chi connectivity index (χ1n) is 14.1. The SMILES string of the molecule is Cc1cc(C(F)(F)F)ccc1CC1=C(CCCCCCN2CCN(C(=O)OC(C)(C)C)CC2)C(C)CC=C1. The quantitative estimate of drug-likeness (QED) is 0.301.